The van der Waals surface area contributed by atoms with E-state index in [9.17, 15) is 4.79 Å². The summed E-state index contributed by atoms with van der Waals surface area (Å²) in [6, 6.07) is 57.0. The largest absolute Gasteiger partial charge is 0.397 e. The highest BCUT2D eigenvalue weighted by atomic mass is 16.1. The second-order valence-corrected chi connectivity index (χ2v) is 13.0. The number of nitrogen functional groups attached to an aromatic ring is 2. The van der Waals surface area contributed by atoms with Gasteiger partial charge in [-0.3, -0.25) is 9.13 Å². The molecule has 0 aliphatic carbocycles. The molecule has 9 rings (SSSR count). The van der Waals surface area contributed by atoms with E-state index in [4.69, 9.17) is 11.5 Å². The Bertz CT molecular complexity index is 2660. The number of imidazole rings is 1. The fraction of sp³-hybridized carbons (Fsp3) is 0.0444. The maximum atomic E-state index is 14.8. The molecule has 1 aliphatic heterocycles. The number of fused-ring (bicyclic) bond motifs is 2. The van der Waals surface area contributed by atoms with E-state index in [1.807, 2.05) is 84.9 Å². The molecule has 0 saturated carbocycles. The monoisotopic (exact) mass is 676 g/mol. The van der Waals surface area contributed by atoms with Crippen molar-refractivity contribution in [2.75, 3.05) is 21.3 Å². The van der Waals surface area contributed by atoms with Crippen LogP contribution >= 0.6 is 0 Å². The van der Waals surface area contributed by atoms with Crippen molar-refractivity contribution in [3.8, 4) is 33.6 Å². The molecule has 7 nitrogen and oxygen atoms in total. The van der Waals surface area contributed by atoms with Gasteiger partial charge >= 0.3 is 5.69 Å². The summed E-state index contributed by atoms with van der Waals surface area (Å²) in [5.74, 6) is 0. The van der Waals surface area contributed by atoms with E-state index in [2.05, 4.69) is 95.6 Å². The van der Waals surface area contributed by atoms with Crippen molar-refractivity contribution >= 4 is 45.2 Å². The molecule has 0 radical (unpaired) electrons. The van der Waals surface area contributed by atoms with Crippen LogP contribution in [-0.2, 0) is 0 Å². The van der Waals surface area contributed by atoms with Crippen molar-refractivity contribution in [1.29, 1.82) is 0 Å². The second-order valence-electron chi connectivity index (χ2n) is 13.0. The number of hydrogen-bond acceptors (Lipinski definition) is 5. The average Bonchev–Trinajstić information content (AvgIpc) is 3.65. The van der Waals surface area contributed by atoms with Gasteiger partial charge in [0.1, 0.15) is 6.17 Å². The van der Waals surface area contributed by atoms with Crippen LogP contribution in [0.25, 0.3) is 44.7 Å². The van der Waals surface area contributed by atoms with Crippen LogP contribution in [-0.4, -0.2) is 15.3 Å². The molecule has 7 heteroatoms. The van der Waals surface area contributed by atoms with Crippen LogP contribution in [0.4, 0.5) is 34.1 Å². The summed E-state index contributed by atoms with van der Waals surface area (Å²) in [5, 5.41) is 0. The SMILES string of the molecule is CC1N(c2cc(-n3c(=O)n(-c4ccccc4-c4ccccc4)c4ccccc43)c(N)cc2N)c2ccccc2N1c1ccccc1-c1ccccc1. The Morgan fingerprint density at radius 2 is 0.827 bits per heavy atom. The highest BCUT2D eigenvalue weighted by Crippen LogP contribution is 2.51. The molecule has 52 heavy (non-hydrogen) atoms. The molecular weight excluding hydrogens is 641 g/mol. The molecule has 0 amide bonds. The van der Waals surface area contributed by atoms with Crippen molar-refractivity contribution in [1.82, 2.24) is 9.13 Å². The Morgan fingerprint density at radius 1 is 0.423 bits per heavy atom. The summed E-state index contributed by atoms with van der Waals surface area (Å²) in [6.45, 7) is 2.18. The van der Waals surface area contributed by atoms with Crippen LogP contribution in [0.5, 0.6) is 0 Å². The van der Waals surface area contributed by atoms with Crippen LogP contribution in [0, 0.1) is 0 Å². The van der Waals surface area contributed by atoms with Gasteiger partial charge in [0.2, 0.25) is 0 Å². The van der Waals surface area contributed by atoms with Gasteiger partial charge in [-0.25, -0.2) is 4.79 Å². The van der Waals surface area contributed by atoms with E-state index in [0.717, 1.165) is 61.7 Å². The number of anilines is 6. The molecular formula is C45H36N6O. The van der Waals surface area contributed by atoms with Crippen molar-refractivity contribution in [3.05, 3.63) is 180 Å². The molecule has 8 aromatic rings. The van der Waals surface area contributed by atoms with Gasteiger partial charge in [0.05, 0.1) is 56.5 Å². The molecule has 0 spiro atoms. The maximum absolute atomic E-state index is 14.8. The number of rotatable bonds is 6. The van der Waals surface area contributed by atoms with Crippen molar-refractivity contribution in [2.24, 2.45) is 0 Å². The van der Waals surface area contributed by atoms with Crippen molar-refractivity contribution in [3.63, 3.8) is 0 Å². The molecule has 252 valence electrons. The predicted octanol–water partition coefficient (Wildman–Crippen LogP) is 9.92. The standard InChI is InChI=1S/C45H36N6O/c1-30-48(37-22-10-8-20-33(37)31-16-4-2-5-17-31)39-24-12-13-25-40(39)49(30)43-29-44(36(47)28-35(43)46)51-42-27-15-14-26-41(42)50(45(51)52)38-23-11-9-21-34(38)32-18-6-3-7-19-32/h2-30H,46-47H2,1H3. The van der Waals surface area contributed by atoms with E-state index in [1.54, 1.807) is 15.2 Å². The average molecular weight is 677 g/mol. The van der Waals surface area contributed by atoms with E-state index >= 15 is 0 Å². The fourth-order valence-electron chi connectivity index (χ4n) is 7.76. The zero-order valence-corrected chi connectivity index (χ0v) is 28.6. The van der Waals surface area contributed by atoms with Gasteiger partial charge in [0, 0.05) is 11.1 Å². The van der Waals surface area contributed by atoms with E-state index < -0.39 is 0 Å². The molecule has 1 aliphatic rings. The number of aromatic nitrogens is 2. The quantitative estimate of drug-likeness (QED) is 0.171. The highest BCUT2D eigenvalue weighted by molar-refractivity contribution is 5.96. The minimum Gasteiger partial charge on any atom is -0.397 e. The van der Waals surface area contributed by atoms with Crippen LogP contribution in [0.15, 0.2) is 175 Å². The van der Waals surface area contributed by atoms with Gasteiger partial charge in [0.25, 0.3) is 0 Å². The summed E-state index contributed by atoms with van der Waals surface area (Å²) in [4.78, 5) is 19.4. The lowest BCUT2D eigenvalue weighted by atomic mass is 10.0. The van der Waals surface area contributed by atoms with Crippen LogP contribution in [0.1, 0.15) is 6.92 Å². The van der Waals surface area contributed by atoms with Gasteiger partial charge in [-0.15, -0.1) is 0 Å². The third-order valence-electron chi connectivity index (χ3n) is 10.0. The van der Waals surface area contributed by atoms with Gasteiger partial charge in [0.15, 0.2) is 0 Å². The predicted molar refractivity (Wildman–Crippen MR) is 215 cm³/mol. The van der Waals surface area contributed by atoms with Crippen molar-refractivity contribution in [2.45, 2.75) is 13.1 Å². The lowest BCUT2D eigenvalue weighted by molar-refractivity contribution is 0.762. The molecule has 4 N–H and O–H groups in total. The first-order valence-corrected chi connectivity index (χ1v) is 17.4. The normalized spacial score (nSPS) is 13.8. The topological polar surface area (TPSA) is 85.4 Å². The van der Waals surface area contributed by atoms with E-state index in [-0.39, 0.29) is 11.9 Å². The van der Waals surface area contributed by atoms with Gasteiger partial charge in [-0.1, -0.05) is 121 Å². The van der Waals surface area contributed by atoms with Gasteiger partial charge in [-0.05, 0) is 66.6 Å². The summed E-state index contributed by atoms with van der Waals surface area (Å²) in [6.07, 6.45) is -0.170. The maximum Gasteiger partial charge on any atom is 0.338 e. The Kier molecular flexibility index (Phi) is 7.40. The van der Waals surface area contributed by atoms with Crippen molar-refractivity contribution < 1.29 is 0 Å². The Balaban J connectivity index is 1.22. The number of para-hydroxylation sites is 6. The number of benzene rings is 7. The van der Waals surface area contributed by atoms with Crippen LogP contribution in [0.3, 0.4) is 0 Å². The lowest BCUT2D eigenvalue weighted by Crippen LogP contribution is -2.36. The molecule has 1 atom stereocenters. The number of nitrogens with zero attached hydrogens (tertiary/aromatic N) is 4. The van der Waals surface area contributed by atoms with Crippen LogP contribution < -0.4 is 27.0 Å². The first kappa shape index (κ1) is 31.0. The third-order valence-corrected chi connectivity index (χ3v) is 10.0. The summed E-state index contributed by atoms with van der Waals surface area (Å²) in [5.41, 5.74) is 25.4. The zero-order valence-electron chi connectivity index (χ0n) is 28.6. The Labute approximate surface area is 301 Å². The van der Waals surface area contributed by atoms with Crippen LogP contribution in [0.2, 0.25) is 0 Å². The number of nitrogens with two attached hydrogens (primary N) is 2. The zero-order chi connectivity index (χ0) is 35.3. The number of hydrogen-bond donors (Lipinski definition) is 2. The van der Waals surface area contributed by atoms with E-state index in [1.165, 1.54) is 0 Å². The fourth-order valence-corrected chi connectivity index (χ4v) is 7.76. The lowest BCUT2D eigenvalue weighted by Gasteiger charge is -2.32. The molecule has 0 saturated heterocycles. The minimum absolute atomic E-state index is 0.170. The molecule has 0 fully saturated rings. The Hall–Kier alpha value is -6.99. The second kappa shape index (κ2) is 12.4. The Morgan fingerprint density at radius 3 is 1.40 bits per heavy atom. The third kappa shape index (κ3) is 4.86. The first-order valence-electron chi connectivity index (χ1n) is 17.4. The molecule has 7 aromatic carbocycles. The summed E-state index contributed by atoms with van der Waals surface area (Å²) >= 11 is 0. The minimum atomic E-state index is -0.222. The first-order chi connectivity index (χ1) is 25.5. The van der Waals surface area contributed by atoms with Gasteiger partial charge < -0.3 is 21.3 Å². The molecule has 1 aromatic heterocycles. The van der Waals surface area contributed by atoms with E-state index in [0.29, 0.717) is 17.1 Å². The smallest absolute Gasteiger partial charge is 0.338 e. The molecule has 1 unspecified atom stereocenters. The molecule has 0 bridgehead atoms. The molecule has 2 heterocycles. The van der Waals surface area contributed by atoms with Gasteiger partial charge in [-0.2, -0.15) is 0 Å². The summed E-state index contributed by atoms with van der Waals surface area (Å²) in [7, 11) is 0. The summed E-state index contributed by atoms with van der Waals surface area (Å²) < 4.78 is 3.49. The highest BCUT2D eigenvalue weighted by Gasteiger charge is 2.37.